The van der Waals surface area contributed by atoms with Crippen molar-refractivity contribution in [3.63, 3.8) is 0 Å². The minimum Gasteiger partial charge on any atom is -0.280 e. The zero-order chi connectivity index (χ0) is 13.2. The first-order chi connectivity index (χ1) is 8.53. The van der Waals surface area contributed by atoms with Crippen molar-refractivity contribution in [3.05, 3.63) is 35.9 Å². The number of hydrogen-bond donors (Lipinski definition) is 1. The number of anilines is 1. The van der Waals surface area contributed by atoms with Gasteiger partial charge < -0.3 is 0 Å². The standard InChI is InChI=1S/C9H8Cl2N4O2S/c10-4-18(16,17)14-8-3-1-2-7(11)9(8)15-6-12-5-13-15/h1-3,5-6,14H,4H2. The van der Waals surface area contributed by atoms with Gasteiger partial charge in [0.05, 0.1) is 10.7 Å². The van der Waals surface area contributed by atoms with Gasteiger partial charge in [0.15, 0.2) is 0 Å². The molecule has 9 heteroatoms. The predicted molar refractivity (Wildman–Crippen MR) is 69.6 cm³/mol. The van der Waals surface area contributed by atoms with Crippen molar-refractivity contribution in [3.8, 4) is 5.69 Å². The van der Waals surface area contributed by atoms with Gasteiger partial charge in [-0.15, -0.1) is 11.6 Å². The second-order valence-corrected chi connectivity index (χ2v) is 6.02. The lowest BCUT2D eigenvalue weighted by Crippen LogP contribution is -2.15. The first-order valence-corrected chi connectivity index (χ1v) is 7.30. The Morgan fingerprint density at radius 2 is 2.17 bits per heavy atom. The number of nitrogens with one attached hydrogen (secondary N) is 1. The molecule has 1 N–H and O–H groups in total. The molecule has 1 heterocycles. The van der Waals surface area contributed by atoms with Crippen molar-refractivity contribution < 1.29 is 8.42 Å². The van der Waals surface area contributed by atoms with Gasteiger partial charge in [0.2, 0.25) is 10.0 Å². The number of halogens is 2. The average molecular weight is 307 g/mol. The van der Waals surface area contributed by atoms with E-state index in [1.165, 1.54) is 17.3 Å². The second kappa shape index (κ2) is 5.13. The topological polar surface area (TPSA) is 76.9 Å². The maximum atomic E-state index is 11.5. The Kier molecular flexibility index (Phi) is 3.74. The predicted octanol–water partition coefficient (Wildman–Crippen LogP) is 1.86. The van der Waals surface area contributed by atoms with E-state index in [-0.39, 0.29) is 5.69 Å². The lowest BCUT2D eigenvalue weighted by atomic mass is 10.3. The molecule has 0 amide bonds. The van der Waals surface area contributed by atoms with E-state index in [0.29, 0.717) is 10.7 Å². The molecular weight excluding hydrogens is 299 g/mol. The highest BCUT2D eigenvalue weighted by Crippen LogP contribution is 2.28. The van der Waals surface area contributed by atoms with E-state index in [2.05, 4.69) is 14.8 Å². The van der Waals surface area contributed by atoms with Crippen molar-refractivity contribution in [1.82, 2.24) is 14.8 Å². The third-order valence-electron chi connectivity index (χ3n) is 2.04. The maximum absolute atomic E-state index is 11.5. The van der Waals surface area contributed by atoms with Gasteiger partial charge in [-0.25, -0.2) is 18.1 Å². The highest BCUT2D eigenvalue weighted by Gasteiger charge is 2.15. The summed E-state index contributed by atoms with van der Waals surface area (Å²) in [4.78, 5) is 3.79. The van der Waals surface area contributed by atoms with E-state index in [4.69, 9.17) is 23.2 Å². The zero-order valence-corrected chi connectivity index (χ0v) is 11.2. The molecule has 0 saturated heterocycles. The molecule has 18 heavy (non-hydrogen) atoms. The molecule has 1 aromatic heterocycles. The highest BCUT2D eigenvalue weighted by atomic mass is 35.5. The van der Waals surface area contributed by atoms with Crippen molar-refractivity contribution >= 4 is 38.9 Å². The van der Waals surface area contributed by atoms with Gasteiger partial charge in [-0.2, -0.15) is 5.10 Å². The fraction of sp³-hybridized carbons (Fsp3) is 0.111. The Labute approximate surface area is 114 Å². The third-order valence-corrected chi connectivity index (χ3v) is 4.03. The summed E-state index contributed by atoms with van der Waals surface area (Å²) in [6.45, 7) is 0. The first-order valence-electron chi connectivity index (χ1n) is 4.73. The number of alkyl halides is 1. The van der Waals surface area contributed by atoms with Gasteiger partial charge in [-0.1, -0.05) is 17.7 Å². The number of benzene rings is 1. The monoisotopic (exact) mass is 306 g/mol. The lowest BCUT2D eigenvalue weighted by molar-refractivity contribution is 0.605. The fourth-order valence-electron chi connectivity index (χ4n) is 1.35. The molecule has 0 fully saturated rings. The van der Waals surface area contributed by atoms with E-state index in [1.54, 1.807) is 18.2 Å². The number of nitrogens with zero attached hydrogens (tertiary/aromatic N) is 3. The number of aromatic nitrogens is 3. The van der Waals surface area contributed by atoms with E-state index >= 15 is 0 Å². The average Bonchev–Trinajstić information content (AvgIpc) is 2.82. The van der Waals surface area contributed by atoms with Gasteiger partial charge in [0, 0.05) is 0 Å². The first kappa shape index (κ1) is 13.1. The number of hydrogen-bond acceptors (Lipinski definition) is 4. The molecule has 0 atom stereocenters. The van der Waals surface area contributed by atoms with E-state index in [9.17, 15) is 8.42 Å². The van der Waals surface area contributed by atoms with Crippen LogP contribution in [0, 0.1) is 0 Å². The summed E-state index contributed by atoms with van der Waals surface area (Å²) in [6, 6.07) is 4.80. The SMILES string of the molecule is O=S(=O)(CCl)Nc1cccc(Cl)c1-n1cncn1. The fourth-order valence-corrected chi connectivity index (χ4v) is 2.33. The van der Waals surface area contributed by atoms with Gasteiger partial charge in [-0.3, -0.25) is 4.72 Å². The molecule has 2 rings (SSSR count). The zero-order valence-electron chi connectivity index (χ0n) is 8.92. The van der Waals surface area contributed by atoms with Crippen LogP contribution in [-0.4, -0.2) is 28.4 Å². The maximum Gasteiger partial charge on any atom is 0.246 e. The molecule has 0 saturated carbocycles. The van der Waals surface area contributed by atoms with Crippen LogP contribution in [0.2, 0.25) is 5.02 Å². The minimum absolute atomic E-state index is 0.286. The molecule has 6 nitrogen and oxygen atoms in total. The quantitative estimate of drug-likeness (QED) is 0.875. The molecule has 0 spiro atoms. The van der Waals surface area contributed by atoms with Gasteiger partial charge in [0.25, 0.3) is 0 Å². The second-order valence-electron chi connectivity index (χ2n) is 3.30. The van der Waals surface area contributed by atoms with Gasteiger partial charge in [0.1, 0.15) is 23.6 Å². The Morgan fingerprint density at radius 1 is 1.39 bits per heavy atom. The van der Waals surface area contributed by atoms with Crippen LogP contribution in [0.25, 0.3) is 5.69 Å². The molecule has 0 radical (unpaired) electrons. The molecule has 0 unspecified atom stereocenters. The van der Waals surface area contributed by atoms with Crippen LogP contribution in [0.15, 0.2) is 30.9 Å². The van der Waals surface area contributed by atoms with Gasteiger partial charge in [-0.05, 0) is 12.1 Å². The normalized spacial score (nSPS) is 11.4. The Morgan fingerprint density at radius 3 is 2.78 bits per heavy atom. The highest BCUT2D eigenvalue weighted by molar-refractivity contribution is 7.93. The summed E-state index contributed by atoms with van der Waals surface area (Å²) in [5.41, 5.74) is 0.680. The summed E-state index contributed by atoms with van der Waals surface area (Å²) in [6.07, 6.45) is 2.74. The van der Waals surface area contributed by atoms with E-state index < -0.39 is 15.2 Å². The summed E-state index contributed by atoms with van der Waals surface area (Å²) < 4.78 is 26.6. The largest absolute Gasteiger partial charge is 0.280 e. The van der Waals surface area contributed by atoms with Crippen LogP contribution < -0.4 is 4.72 Å². The molecule has 0 aliphatic heterocycles. The number of rotatable bonds is 4. The summed E-state index contributed by atoms with van der Waals surface area (Å²) in [5.74, 6) is 0. The molecular formula is C9H8Cl2N4O2S. The molecule has 0 aliphatic carbocycles. The number of para-hydroxylation sites is 1. The minimum atomic E-state index is -3.61. The Balaban J connectivity index is 2.52. The van der Waals surface area contributed by atoms with E-state index in [1.807, 2.05) is 0 Å². The molecule has 1 aromatic carbocycles. The van der Waals surface area contributed by atoms with Crippen LogP contribution in [0.1, 0.15) is 0 Å². The summed E-state index contributed by atoms with van der Waals surface area (Å²) in [7, 11) is -3.61. The smallest absolute Gasteiger partial charge is 0.246 e. The number of sulfonamides is 1. The van der Waals surface area contributed by atoms with Crippen LogP contribution in [0.3, 0.4) is 0 Å². The van der Waals surface area contributed by atoms with Crippen molar-refractivity contribution in [2.45, 2.75) is 0 Å². The summed E-state index contributed by atoms with van der Waals surface area (Å²) >= 11 is 11.4. The molecule has 0 bridgehead atoms. The van der Waals surface area contributed by atoms with E-state index in [0.717, 1.165) is 0 Å². The van der Waals surface area contributed by atoms with Crippen molar-refractivity contribution in [2.75, 3.05) is 9.93 Å². The van der Waals surface area contributed by atoms with Crippen LogP contribution in [0.4, 0.5) is 5.69 Å². The third kappa shape index (κ3) is 2.74. The van der Waals surface area contributed by atoms with Crippen LogP contribution in [0.5, 0.6) is 0 Å². The molecule has 96 valence electrons. The Hall–Kier alpha value is -1.31. The van der Waals surface area contributed by atoms with Crippen LogP contribution in [-0.2, 0) is 10.0 Å². The van der Waals surface area contributed by atoms with Crippen molar-refractivity contribution in [1.29, 1.82) is 0 Å². The molecule has 0 aliphatic rings. The lowest BCUT2D eigenvalue weighted by Gasteiger charge is -2.12. The van der Waals surface area contributed by atoms with Crippen molar-refractivity contribution in [2.24, 2.45) is 0 Å². The van der Waals surface area contributed by atoms with Crippen LogP contribution >= 0.6 is 23.2 Å². The van der Waals surface area contributed by atoms with Gasteiger partial charge >= 0.3 is 0 Å². The summed E-state index contributed by atoms with van der Waals surface area (Å²) in [5, 5.41) is 3.71. The Bertz CT molecular complexity index is 643. The molecule has 2 aromatic rings.